The van der Waals surface area contributed by atoms with Crippen molar-refractivity contribution >= 4 is 38.6 Å². The number of amides is 1. The Balaban J connectivity index is 1.77. The maximum absolute atomic E-state index is 15.0. The van der Waals surface area contributed by atoms with E-state index >= 15 is 8.78 Å². The van der Waals surface area contributed by atoms with Gasteiger partial charge in [0.1, 0.15) is 5.52 Å². The van der Waals surface area contributed by atoms with E-state index in [-0.39, 0.29) is 5.91 Å². The van der Waals surface area contributed by atoms with E-state index in [1.54, 1.807) is 56.4 Å². The Morgan fingerprint density at radius 3 is 2.73 bits per heavy atom. The molecule has 3 aromatic rings. The predicted molar refractivity (Wildman–Crippen MR) is 97.4 cm³/mol. The van der Waals surface area contributed by atoms with Crippen molar-refractivity contribution in [1.82, 2.24) is 4.98 Å². The monoisotopic (exact) mass is 420 g/mol. The van der Waals surface area contributed by atoms with Crippen LogP contribution >= 0.6 is 15.9 Å². The Morgan fingerprint density at radius 1 is 1.27 bits per heavy atom. The van der Waals surface area contributed by atoms with Gasteiger partial charge in [-0.1, -0.05) is 28.1 Å². The van der Waals surface area contributed by atoms with Gasteiger partial charge in [-0.15, -0.1) is 0 Å². The Morgan fingerprint density at radius 2 is 2.00 bits per heavy atom. The second-order valence-corrected chi connectivity index (χ2v) is 7.64. The summed E-state index contributed by atoms with van der Waals surface area (Å²) in [4.78, 5) is 18.1. The molecule has 1 atom stereocenters. The van der Waals surface area contributed by atoms with Crippen LogP contribution < -0.4 is 4.90 Å². The highest BCUT2D eigenvalue weighted by molar-refractivity contribution is 9.10. The van der Waals surface area contributed by atoms with Crippen LogP contribution in [0.5, 0.6) is 0 Å². The molecule has 2 heterocycles. The number of anilines is 1. The average molecular weight is 421 g/mol. The molecule has 1 amide bonds. The summed E-state index contributed by atoms with van der Waals surface area (Å²) in [5.74, 6) is -4.44. The molecule has 0 N–H and O–H groups in total. The first-order valence-electron chi connectivity index (χ1n) is 8.04. The van der Waals surface area contributed by atoms with Crippen molar-refractivity contribution in [3.05, 3.63) is 58.4 Å². The molecular formula is C19H15BrF2N2O2. The van der Waals surface area contributed by atoms with E-state index in [4.69, 9.17) is 4.42 Å². The van der Waals surface area contributed by atoms with Crippen LogP contribution in [0.2, 0.25) is 0 Å². The molecule has 1 unspecified atom stereocenters. The quantitative estimate of drug-likeness (QED) is 0.598. The summed E-state index contributed by atoms with van der Waals surface area (Å²) < 4.78 is 36.1. The Labute approximate surface area is 156 Å². The molecule has 0 saturated carbocycles. The largest absolute Gasteiger partial charge is 0.435 e. The molecule has 7 heteroatoms. The molecule has 0 aliphatic carbocycles. The second kappa shape index (κ2) is 5.61. The first-order valence-corrected chi connectivity index (χ1v) is 8.84. The smallest absolute Gasteiger partial charge is 0.323 e. The lowest BCUT2D eigenvalue weighted by molar-refractivity contribution is -0.128. The summed E-state index contributed by atoms with van der Waals surface area (Å²) >= 11 is 3.36. The molecule has 26 heavy (non-hydrogen) atoms. The molecule has 0 spiro atoms. The number of rotatable bonds is 3. The van der Waals surface area contributed by atoms with E-state index in [0.29, 0.717) is 22.4 Å². The van der Waals surface area contributed by atoms with Crippen LogP contribution in [0.1, 0.15) is 24.8 Å². The summed E-state index contributed by atoms with van der Waals surface area (Å²) in [6, 6.07) is 11.9. The van der Waals surface area contributed by atoms with Crippen molar-refractivity contribution in [1.29, 1.82) is 0 Å². The fraction of sp³-hybridized carbons (Fsp3) is 0.263. The van der Waals surface area contributed by atoms with Gasteiger partial charge in [0.25, 0.3) is 5.89 Å². The van der Waals surface area contributed by atoms with Crippen molar-refractivity contribution in [2.45, 2.75) is 24.7 Å². The van der Waals surface area contributed by atoms with E-state index in [9.17, 15) is 4.79 Å². The third-order valence-electron chi connectivity index (χ3n) is 4.87. The van der Waals surface area contributed by atoms with Crippen LogP contribution in [-0.2, 0) is 16.1 Å². The van der Waals surface area contributed by atoms with Crippen molar-refractivity contribution in [2.24, 2.45) is 0 Å². The van der Waals surface area contributed by atoms with E-state index in [1.807, 2.05) is 0 Å². The van der Waals surface area contributed by atoms with Crippen molar-refractivity contribution in [3.63, 3.8) is 0 Å². The molecule has 4 nitrogen and oxygen atoms in total. The zero-order chi connectivity index (χ0) is 18.7. The first-order chi connectivity index (χ1) is 12.2. The van der Waals surface area contributed by atoms with E-state index in [2.05, 4.69) is 20.9 Å². The predicted octanol–water partition coefficient (Wildman–Crippen LogP) is 5.01. The third-order valence-corrected chi connectivity index (χ3v) is 5.37. The van der Waals surface area contributed by atoms with Crippen LogP contribution in [0.25, 0.3) is 11.1 Å². The van der Waals surface area contributed by atoms with Crippen LogP contribution in [0, 0.1) is 0 Å². The summed E-state index contributed by atoms with van der Waals surface area (Å²) in [6.45, 7) is 1.54. The number of para-hydroxylation sites is 2. The van der Waals surface area contributed by atoms with Gasteiger partial charge in [0.15, 0.2) is 5.58 Å². The number of hydrogen-bond donors (Lipinski definition) is 0. The van der Waals surface area contributed by atoms with Crippen LogP contribution in [0.3, 0.4) is 0 Å². The summed E-state index contributed by atoms with van der Waals surface area (Å²) in [5.41, 5.74) is 0.484. The Kier molecular flexibility index (Phi) is 3.70. The molecule has 0 saturated heterocycles. The van der Waals surface area contributed by atoms with Crippen LogP contribution in [0.15, 0.2) is 51.4 Å². The van der Waals surface area contributed by atoms with Gasteiger partial charge in [-0.05, 0) is 42.8 Å². The minimum atomic E-state index is -3.39. The highest BCUT2D eigenvalue weighted by atomic mass is 79.9. The number of likely N-dealkylation sites (N-methyl/N-ethyl adjacent to an activating group) is 1. The topological polar surface area (TPSA) is 46.3 Å². The minimum absolute atomic E-state index is 0.297. The van der Waals surface area contributed by atoms with Gasteiger partial charge in [0.05, 0.1) is 5.41 Å². The molecule has 0 bridgehead atoms. The standard InChI is InChI=1S/C19H15BrF2N2O2/c1-18(12-9-11(20)7-8-14(12)24(2)17(18)25)10-19(21,22)16-23-13-5-3-4-6-15(13)26-16/h3-9H,10H2,1-2H3. The molecule has 2 aromatic carbocycles. The number of carbonyl (C=O) groups excluding carboxylic acids is 1. The molecule has 1 aliphatic rings. The SMILES string of the molecule is CN1C(=O)C(C)(CC(F)(F)c2nc3ccccc3o2)c2cc(Br)ccc21. The van der Waals surface area contributed by atoms with Gasteiger partial charge in [-0.3, -0.25) is 4.79 Å². The van der Waals surface area contributed by atoms with Gasteiger partial charge in [-0.25, -0.2) is 4.98 Å². The van der Waals surface area contributed by atoms with Gasteiger partial charge in [-0.2, -0.15) is 8.78 Å². The van der Waals surface area contributed by atoms with Crippen molar-refractivity contribution < 1.29 is 18.0 Å². The van der Waals surface area contributed by atoms with Crippen molar-refractivity contribution in [2.75, 3.05) is 11.9 Å². The summed E-state index contributed by atoms with van der Waals surface area (Å²) in [6.07, 6.45) is -0.723. The highest BCUT2D eigenvalue weighted by Crippen LogP contribution is 2.49. The van der Waals surface area contributed by atoms with Crippen LogP contribution in [-0.4, -0.2) is 17.9 Å². The fourth-order valence-electron chi connectivity index (χ4n) is 3.56. The number of benzene rings is 2. The lowest BCUT2D eigenvalue weighted by atomic mass is 9.78. The number of aromatic nitrogens is 1. The number of oxazole rings is 1. The second-order valence-electron chi connectivity index (χ2n) is 6.73. The molecular weight excluding hydrogens is 406 g/mol. The molecule has 1 aromatic heterocycles. The number of nitrogens with zero attached hydrogens (tertiary/aromatic N) is 2. The van der Waals surface area contributed by atoms with Gasteiger partial charge < -0.3 is 9.32 Å². The van der Waals surface area contributed by atoms with E-state index in [1.165, 1.54) is 4.90 Å². The summed E-state index contributed by atoms with van der Waals surface area (Å²) in [5, 5.41) is 0. The van der Waals surface area contributed by atoms with E-state index in [0.717, 1.165) is 4.47 Å². The van der Waals surface area contributed by atoms with Gasteiger partial charge in [0.2, 0.25) is 5.91 Å². The number of carbonyl (C=O) groups is 1. The molecule has 0 fully saturated rings. The maximum atomic E-state index is 15.0. The third kappa shape index (κ3) is 2.45. The number of hydrogen-bond acceptors (Lipinski definition) is 3. The Bertz CT molecular complexity index is 1000. The zero-order valence-electron chi connectivity index (χ0n) is 14.1. The zero-order valence-corrected chi connectivity index (χ0v) is 15.7. The van der Waals surface area contributed by atoms with Crippen molar-refractivity contribution in [3.8, 4) is 0 Å². The Hall–Kier alpha value is -2.28. The lowest BCUT2D eigenvalue weighted by Gasteiger charge is -2.27. The number of alkyl halides is 2. The fourth-order valence-corrected chi connectivity index (χ4v) is 3.92. The maximum Gasteiger partial charge on any atom is 0.323 e. The van der Waals surface area contributed by atoms with Gasteiger partial charge in [0, 0.05) is 23.6 Å². The lowest BCUT2D eigenvalue weighted by Crippen LogP contribution is -2.40. The molecule has 0 radical (unpaired) electrons. The average Bonchev–Trinajstić information content (AvgIpc) is 3.11. The summed E-state index contributed by atoms with van der Waals surface area (Å²) in [7, 11) is 1.60. The highest BCUT2D eigenvalue weighted by Gasteiger charge is 2.54. The normalized spacial score (nSPS) is 20.0. The first kappa shape index (κ1) is 17.1. The van der Waals surface area contributed by atoms with Gasteiger partial charge >= 0.3 is 5.92 Å². The molecule has 4 rings (SSSR count). The van der Waals surface area contributed by atoms with Crippen LogP contribution in [0.4, 0.5) is 14.5 Å². The number of fused-ring (bicyclic) bond motifs is 2. The minimum Gasteiger partial charge on any atom is -0.435 e. The van der Waals surface area contributed by atoms with E-state index < -0.39 is 23.6 Å². The molecule has 134 valence electrons. The molecule has 1 aliphatic heterocycles. The number of halogens is 3.